The molecule has 1 saturated heterocycles. The number of rotatable bonds is 6. The number of halogens is 1. The Bertz CT molecular complexity index is 1380. The summed E-state index contributed by atoms with van der Waals surface area (Å²) in [7, 11) is 2.09. The minimum atomic E-state index is -0.384. The van der Waals surface area contributed by atoms with Crippen molar-refractivity contribution in [3.63, 3.8) is 0 Å². The Labute approximate surface area is 197 Å². The zero-order chi connectivity index (χ0) is 23.8. The predicted octanol–water partition coefficient (Wildman–Crippen LogP) is 4.55. The zero-order valence-corrected chi connectivity index (χ0v) is 19.3. The van der Waals surface area contributed by atoms with Gasteiger partial charge in [0, 0.05) is 41.7 Å². The first-order valence-electron chi connectivity index (χ1n) is 11.5. The molecule has 0 aliphatic carbocycles. The average molecular weight is 459 g/mol. The molecule has 0 saturated carbocycles. The Morgan fingerprint density at radius 1 is 1.18 bits per heavy atom. The third-order valence-electron chi connectivity index (χ3n) is 6.63. The van der Waals surface area contributed by atoms with Gasteiger partial charge in [0.05, 0.1) is 11.4 Å². The molecule has 1 aliphatic rings. The van der Waals surface area contributed by atoms with Crippen LogP contribution in [0.4, 0.5) is 10.2 Å². The van der Waals surface area contributed by atoms with E-state index in [1.165, 1.54) is 12.1 Å². The number of nitrogens with two attached hydrogens (primary N) is 1. The molecule has 5 rings (SSSR count). The van der Waals surface area contributed by atoms with Crippen LogP contribution >= 0.6 is 0 Å². The molecule has 1 aromatic carbocycles. The molecule has 4 heterocycles. The van der Waals surface area contributed by atoms with E-state index in [-0.39, 0.29) is 23.1 Å². The average Bonchev–Trinajstić information content (AvgIpc) is 3.42. The van der Waals surface area contributed by atoms with Crippen LogP contribution in [0, 0.1) is 12.7 Å². The second kappa shape index (κ2) is 8.95. The summed E-state index contributed by atoms with van der Waals surface area (Å²) in [5, 5.41) is 0. The number of pyridine rings is 1. The fourth-order valence-corrected chi connectivity index (χ4v) is 4.69. The molecule has 3 aromatic heterocycles. The van der Waals surface area contributed by atoms with Crippen molar-refractivity contribution in [2.75, 3.05) is 19.3 Å². The number of ketones is 1. The molecule has 0 spiro atoms. The van der Waals surface area contributed by atoms with Gasteiger partial charge in [-0.15, -0.1) is 0 Å². The van der Waals surface area contributed by atoms with E-state index in [1.54, 1.807) is 18.3 Å². The molecular formula is C26H27FN6O. The fourth-order valence-electron chi connectivity index (χ4n) is 4.69. The van der Waals surface area contributed by atoms with Gasteiger partial charge in [-0.2, -0.15) is 0 Å². The van der Waals surface area contributed by atoms with Gasteiger partial charge in [-0.3, -0.25) is 4.79 Å². The van der Waals surface area contributed by atoms with Crippen LogP contribution in [0.5, 0.6) is 0 Å². The van der Waals surface area contributed by atoms with Gasteiger partial charge < -0.3 is 15.0 Å². The first-order valence-corrected chi connectivity index (χ1v) is 11.5. The van der Waals surface area contributed by atoms with Crippen LogP contribution in [0.3, 0.4) is 0 Å². The van der Waals surface area contributed by atoms with Crippen molar-refractivity contribution in [1.82, 2.24) is 24.3 Å². The standard InChI is InChI=1S/C26H27FN6O/c1-16-14-29-22-11-8-18(15-33(16)22)24-23(17-5-3-6-19(27)13-17)31-26(28)25(30-24)21(34)10-9-20-7-4-12-32(20)2/h3,5-6,8,11,13-15,20H,4,7,9-10,12H2,1-2H3,(H2,28,31)/t20-/m1/s1. The van der Waals surface area contributed by atoms with E-state index < -0.39 is 0 Å². The van der Waals surface area contributed by atoms with Gasteiger partial charge in [-0.25, -0.2) is 19.3 Å². The maximum absolute atomic E-state index is 14.0. The highest BCUT2D eigenvalue weighted by molar-refractivity contribution is 5.99. The largest absolute Gasteiger partial charge is 0.382 e. The highest BCUT2D eigenvalue weighted by Gasteiger charge is 2.24. The smallest absolute Gasteiger partial charge is 0.185 e. The van der Waals surface area contributed by atoms with Gasteiger partial charge in [-0.05, 0) is 64.0 Å². The second-order valence-corrected chi connectivity index (χ2v) is 8.95. The summed E-state index contributed by atoms with van der Waals surface area (Å²) in [4.78, 5) is 29.1. The molecule has 0 radical (unpaired) electrons. The summed E-state index contributed by atoms with van der Waals surface area (Å²) in [6.45, 7) is 3.02. The lowest BCUT2D eigenvalue weighted by molar-refractivity contribution is 0.0966. The highest BCUT2D eigenvalue weighted by atomic mass is 19.1. The van der Waals surface area contributed by atoms with Crippen LogP contribution in [-0.2, 0) is 0 Å². The Morgan fingerprint density at radius 2 is 2.00 bits per heavy atom. The fraction of sp³-hybridized carbons (Fsp3) is 0.308. The molecule has 1 atom stereocenters. The first-order chi connectivity index (χ1) is 16.4. The van der Waals surface area contributed by atoms with Crippen molar-refractivity contribution in [3.05, 3.63) is 66.0 Å². The summed E-state index contributed by atoms with van der Waals surface area (Å²) in [5.74, 6) is -0.449. The van der Waals surface area contributed by atoms with Crippen LogP contribution in [0.25, 0.3) is 28.2 Å². The Balaban J connectivity index is 1.58. The van der Waals surface area contributed by atoms with Crippen molar-refractivity contribution in [2.24, 2.45) is 0 Å². The summed E-state index contributed by atoms with van der Waals surface area (Å²) in [5.41, 5.74) is 10.4. The van der Waals surface area contributed by atoms with Gasteiger partial charge in [0.2, 0.25) is 0 Å². The summed E-state index contributed by atoms with van der Waals surface area (Å²) < 4.78 is 16.0. The number of fused-ring (bicyclic) bond motifs is 1. The number of nitrogen functional groups attached to an aromatic ring is 1. The lowest BCUT2D eigenvalue weighted by atomic mass is 10.0. The number of imidazole rings is 1. The Morgan fingerprint density at radius 3 is 2.76 bits per heavy atom. The zero-order valence-electron chi connectivity index (χ0n) is 19.3. The van der Waals surface area contributed by atoms with Gasteiger partial charge in [0.1, 0.15) is 17.2 Å². The van der Waals surface area contributed by atoms with Crippen LogP contribution in [0.15, 0.2) is 48.8 Å². The first kappa shape index (κ1) is 22.2. The number of benzene rings is 1. The van der Waals surface area contributed by atoms with E-state index in [2.05, 4.69) is 21.9 Å². The van der Waals surface area contributed by atoms with E-state index in [9.17, 15) is 9.18 Å². The highest BCUT2D eigenvalue weighted by Crippen LogP contribution is 2.32. The maximum atomic E-state index is 14.0. The predicted molar refractivity (Wildman–Crippen MR) is 130 cm³/mol. The summed E-state index contributed by atoms with van der Waals surface area (Å²) >= 11 is 0. The molecule has 1 fully saturated rings. The van der Waals surface area contributed by atoms with Crippen molar-refractivity contribution in [1.29, 1.82) is 0 Å². The maximum Gasteiger partial charge on any atom is 0.185 e. The normalized spacial score (nSPS) is 16.4. The molecule has 0 bridgehead atoms. The molecule has 4 aromatic rings. The van der Waals surface area contributed by atoms with Crippen LogP contribution in [0.1, 0.15) is 41.9 Å². The number of carbonyl (C=O) groups excluding carboxylic acids is 1. The number of likely N-dealkylation sites (tertiary alicyclic amines) is 1. The van der Waals surface area contributed by atoms with Gasteiger partial charge >= 0.3 is 0 Å². The minimum absolute atomic E-state index is 0.0627. The lowest BCUT2D eigenvalue weighted by Gasteiger charge is -2.19. The molecule has 7 nitrogen and oxygen atoms in total. The summed E-state index contributed by atoms with van der Waals surface area (Å²) in [6, 6.07) is 10.3. The molecular weight excluding hydrogens is 431 g/mol. The topological polar surface area (TPSA) is 89.4 Å². The number of carbonyl (C=O) groups is 1. The third kappa shape index (κ3) is 4.17. The van der Waals surface area contributed by atoms with E-state index >= 15 is 0 Å². The van der Waals surface area contributed by atoms with Crippen molar-refractivity contribution in [3.8, 4) is 22.5 Å². The number of aromatic nitrogens is 4. The van der Waals surface area contributed by atoms with Crippen LogP contribution in [0.2, 0.25) is 0 Å². The number of aryl methyl sites for hydroxylation is 1. The van der Waals surface area contributed by atoms with Gasteiger partial charge in [0.15, 0.2) is 11.6 Å². The number of Topliss-reactive ketones (excluding diaryl/α,β-unsaturated/α-hetero) is 1. The van der Waals surface area contributed by atoms with E-state index in [4.69, 9.17) is 10.7 Å². The van der Waals surface area contributed by atoms with Gasteiger partial charge in [-0.1, -0.05) is 12.1 Å². The van der Waals surface area contributed by atoms with E-state index in [0.717, 1.165) is 42.7 Å². The SMILES string of the molecule is Cc1cnc2ccc(-c3nc(C(=O)CC[C@H]4CCCN4C)c(N)nc3-c3cccc(F)c3)cn12. The second-order valence-electron chi connectivity index (χ2n) is 8.95. The lowest BCUT2D eigenvalue weighted by Crippen LogP contribution is -2.25. The molecule has 2 N–H and O–H groups in total. The van der Waals surface area contributed by atoms with E-state index in [0.29, 0.717) is 29.4 Å². The Hall–Kier alpha value is -3.65. The molecule has 0 amide bonds. The van der Waals surface area contributed by atoms with Crippen molar-refractivity contribution < 1.29 is 9.18 Å². The molecule has 1 aliphatic heterocycles. The van der Waals surface area contributed by atoms with Crippen molar-refractivity contribution in [2.45, 2.75) is 38.6 Å². The molecule has 8 heteroatoms. The van der Waals surface area contributed by atoms with Crippen molar-refractivity contribution >= 4 is 17.2 Å². The molecule has 34 heavy (non-hydrogen) atoms. The minimum Gasteiger partial charge on any atom is -0.382 e. The molecule has 0 unspecified atom stereocenters. The Kier molecular flexibility index (Phi) is 5.83. The molecule has 174 valence electrons. The summed E-state index contributed by atoms with van der Waals surface area (Å²) in [6.07, 6.45) is 7.06. The van der Waals surface area contributed by atoms with Crippen LogP contribution < -0.4 is 5.73 Å². The third-order valence-corrected chi connectivity index (χ3v) is 6.63. The quantitative estimate of drug-likeness (QED) is 0.427. The number of anilines is 1. The van der Waals surface area contributed by atoms with E-state index in [1.807, 2.05) is 29.7 Å². The number of hydrogen-bond donors (Lipinski definition) is 1. The van der Waals surface area contributed by atoms with Gasteiger partial charge in [0.25, 0.3) is 0 Å². The number of hydrogen-bond acceptors (Lipinski definition) is 6. The number of nitrogens with zero attached hydrogens (tertiary/aromatic N) is 5. The van der Waals surface area contributed by atoms with Crippen LogP contribution in [-0.4, -0.2) is 49.7 Å². The monoisotopic (exact) mass is 458 g/mol.